The Bertz CT molecular complexity index is 351. The lowest BCUT2D eigenvalue weighted by molar-refractivity contribution is 0.584. The van der Waals surface area contributed by atoms with Crippen LogP contribution in [0, 0.1) is 0 Å². The average molecular weight is 202 g/mol. The summed E-state index contributed by atoms with van der Waals surface area (Å²) in [5, 5.41) is 0. The lowest BCUT2D eigenvalue weighted by Gasteiger charge is -2.25. The van der Waals surface area contributed by atoms with Crippen LogP contribution in [0.1, 0.15) is 45.7 Å². The minimum absolute atomic E-state index is 0.0568. The van der Waals surface area contributed by atoms with Crippen molar-refractivity contribution in [2.24, 2.45) is 0 Å². The molecule has 0 N–H and O–H groups in total. The third-order valence-electron chi connectivity index (χ3n) is 2.98. The fraction of sp³-hybridized carbons (Fsp3) is 0.467. The van der Waals surface area contributed by atoms with Crippen molar-refractivity contribution in [2.45, 2.75) is 45.4 Å². The van der Waals surface area contributed by atoms with E-state index in [-0.39, 0.29) is 10.8 Å². The number of hydrogen-bond acceptors (Lipinski definition) is 0. The van der Waals surface area contributed by atoms with E-state index in [1.807, 2.05) is 6.08 Å². The van der Waals surface area contributed by atoms with Crippen molar-refractivity contribution in [3.8, 4) is 0 Å². The zero-order chi connectivity index (χ0) is 11.7. The highest BCUT2D eigenvalue weighted by atomic mass is 14.2. The van der Waals surface area contributed by atoms with Gasteiger partial charge in [-0.15, -0.1) is 6.58 Å². The Morgan fingerprint density at radius 1 is 1.00 bits per heavy atom. The smallest absolute Gasteiger partial charge is 0.00727 e. The molecule has 0 heteroatoms. The fourth-order valence-electron chi connectivity index (χ4n) is 1.50. The number of rotatable bonds is 2. The first-order valence-corrected chi connectivity index (χ1v) is 5.52. The topological polar surface area (TPSA) is 0 Å². The Morgan fingerprint density at radius 2 is 1.53 bits per heavy atom. The van der Waals surface area contributed by atoms with Gasteiger partial charge in [0.2, 0.25) is 0 Å². The standard InChI is InChI=1S/C15H22/c1-7-15(5,6)13-10-8-9-12(11-13)14(2,3)4/h7-11H,1H2,2-6H3. The summed E-state index contributed by atoms with van der Waals surface area (Å²) in [4.78, 5) is 0. The van der Waals surface area contributed by atoms with Gasteiger partial charge in [-0.1, -0.05) is 65.0 Å². The molecule has 0 unspecified atom stereocenters. The van der Waals surface area contributed by atoms with Gasteiger partial charge in [0.25, 0.3) is 0 Å². The number of benzene rings is 1. The molecule has 0 nitrogen and oxygen atoms in total. The molecule has 0 saturated heterocycles. The van der Waals surface area contributed by atoms with Crippen LogP contribution in [-0.4, -0.2) is 0 Å². The summed E-state index contributed by atoms with van der Waals surface area (Å²) >= 11 is 0. The SMILES string of the molecule is C=CC(C)(C)c1cccc(C(C)(C)C)c1. The molecule has 0 aliphatic rings. The van der Waals surface area contributed by atoms with E-state index in [2.05, 4.69) is 65.5 Å². The summed E-state index contributed by atoms with van der Waals surface area (Å²) in [6.07, 6.45) is 2.01. The zero-order valence-electron chi connectivity index (χ0n) is 10.6. The fourth-order valence-corrected chi connectivity index (χ4v) is 1.50. The molecule has 0 fully saturated rings. The van der Waals surface area contributed by atoms with Gasteiger partial charge in [-0.05, 0) is 16.5 Å². The molecule has 15 heavy (non-hydrogen) atoms. The molecular weight excluding hydrogens is 180 g/mol. The molecule has 0 aromatic heterocycles. The molecule has 0 bridgehead atoms. The Balaban J connectivity index is 3.20. The summed E-state index contributed by atoms with van der Waals surface area (Å²) in [6, 6.07) is 8.81. The van der Waals surface area contributed by atoms with E-state index in [4.69, 9.17) is 0 Å². The summed E-state index contributed by atoms with van der Waals surface area (Å²) < 4.78 is 0. The Labute approximate surface area is 94.0 Å². The molecule has 0 heterocycles. The van der Waals surface area contributed by atoms with Crippen molar-refractivity contribution in [1.29, 1.82) is 0 Å². The van der Waals surface area contributed by atoms with Crippen LogP contribution < -0.4 is 0 Å². The van der Waals surface area contributed by atoms with Gasteiger partial charge < -0.3 is 0 Å². The lowest BCUT2D eigenvalue weighted by atomic mass is 9.80. The number of hydrogen-bond donors (Lipinski definition) is 0. The maximum atomic E-state index is 3.90. The lowest BCUT2D eigenvalue weighted by Crippen LogP contribution is -2.16. The molecule has 0 radical (unpaired) electrons. The highest BCUT2D eigenvalue weighted by Crippen LogP contribution is 2.29. The Morgan fingerprint density at radius 3 is 2.00 bits per heavy atom. The summed E-state index contributed by atoms with van der Waals surface area (Å²) in [5.74, 6) is 0. The predicted molar refractivity (Wildman–Crippen MR) is 68.4 cm³/mol. The van der Waals surface area contributed by atoms with Crippen molar-refractivity contribution in [2.75, 3.05) is 0 Å². The van der Waals surface area contributed by atoms with Gasteiger partial charge in [0, 0.05) is 5.41 Å². The van der Waals surface area contributed by atoms with Gasteiger partial charge in [-0.25, -0.2) is 0 Å². The first-order valence-electron chi connectivity index (χ1n) is 5.52. The quantitative estimate of drug-likeness (QED) is 0.622. The van der Waals surface area contributed by atoms with Gasteiger partial charge in [0.1, 0.15) is 0 Å². The third-order valence-corrected chi connectivity index (χ3v) is 2.98. The maximum Gasteiger partial charge on any atom is 0.00727 e. The molecule has 0 saturated carbocycles. The van der Waals surface area contributed by atoms with Gasteiger partial charge in [0.05, 0.1) is 0 Å². The number of allylic oxidation sites excluding steroid dienone is 1. The predicted octanol–water partition coefficient (Wildman–Crippen LogP) is 4.45. The van der Waals surface area contributed by atoms with Crippen molar-refractivity contribution < 1.29 is 0 Å². The van der Waals surface area contributed by atoms with Crippen LogP contribution >= 0.6 is 0 Å². The minimum atomic E-state index is 0.0568. The molecule has 0 spiro atoms. The van der Waals surface area contributed by atoms with Crippen LogP contribution in [0.15, 0.2) is 36.9 Å². The molecule has 82 valence electrons. The first-order chi connectivity index (χ1) is 6.77. The summed E-state index contributed by atoms with van der Waals surface area (Å²) in [5.41, 5.74) is 2.99. The second kappa shape index (κ2) is 3.84. The first kappa shape index (κ1) is 12.0. The highest BCUT2D eigenvalue weighted by Gasteiger charge is 2.19. The van der Waals surface area contributed by atoms with Gasteiger partial charge in [-0.3, -0.25) is 0 Å². The third kappa shape index (κ3) is 2.71. The van der Waals surface area contributed by atoms with E-state index in [9.17, 15) is 0 Å². The largest absolute Gasteiger partial charge is 0.102 e. The van der Waals surface area contributed by atoms with E-state index >= 15 is 0 Å². The van der Waals surface area contributed by atoms with Crippen LogP contribution in [0.2, 0.25) is 0 Å². The maximum absolute atomic E-state index is 3.90. The van der Waals surface area contributed by atoms with E-state index in [0.29, 0.717) is 0 Å². The molecule has 0 aliphatic heterocycles. The second-order valence-electron chi connectivity index (χ2n) is 5.76. The normalized spacial score (nSPS) is 12.6. The Hall–Kier alpha value is -1.04. The molecule has 1 aromatic carbocycles. The molecule has 0 aliphatic carbocycles. The van der Waals surface area contributed by atoms with Crippen LogP contribution in [0.25, 0.3) is 0 Å². The summed E-state index contributed by atoms with van der Waals surface area (Å²) in [6.45, 7) is 15.0. The second-order valence-corrected chi connectivity index (χ2v) is 5.76. The van der Waals surface area contributed by atoms with Gasteiger partial charge >= 0.3 is 0 Å². The van der Waals surface area contributed by atoms with Gasteiger partial charge in [-0.2, -0.15) is 0 Å². The zero-order valence-corrected chi connectivity index (χ0v) is 10.6. The van der Waals surface area contributed by atoms with Crippen LogP contribution in [-0.2, 0) is 10.8 Å². The monoisotopic (exact) mass is 202 g/mol. The van der Waals surface area contributed by atoms with Crippen LogP contribution in [0.5, 0.6) is 0 Å². The molecule has 0 atom stereocenters. The van der Waals surface area contributed by atoms with E-state index < -0.39 is 0 Å². The molecule has 0 amide bonds. The average Bonchev–Trinajstić information content (AvgIpc) is 2.17. The van der Waals surface area contributed by atoms with E-state index in [1.54, 1.807) is 0 Å². The highest BCUT2D eigenvalue weighted by molar-refractivity contribution is 5.35. The van der Waals surface area contributed by atoms with E-state index in [1.165, 1.54) is 11.1 Å². The summed E-state index contributed by atoms with van der Waals surface area (Å²) in [7, 11) is 0. The molecular formula is C15H22. The van der Waals surface area contributed by atoms with Crippen LogP contribution in [0.4, 0.5) is 0 Å². The van der Waals surface area contributed by atoms with Crippen molar-refractivity contribution in [3.63, 3.8) is 0 Å². The van der Waals surface area contributed by atoms with E-state index in [0.717, 1.165) is 0 Å². The molecule has 1 rings (SSSR count). The van der Waals surface area contributed by atoms with Crippen LogP contribution in [0.3, 0.4) is 0 Å². The minimum Gasteiger partial charge on any atom is -0.102 e. The molecule has 1 aromatic rings. The van der Waals surface area contributed by atoms with Crippen molar-refractivity contribution in [3.05, 3.63) is 48.0 Å². The Kier molecular flexibility index (Phi) is 3.08. The van der Waals surface area contributed by atoms with Gasteiger partial charge in [0.15, 0.2) is 0 Å². The van der Waals surface area contributed by atoms with Crippen molar-refractivity contribution >= 4 is 0 Å². The van der Waals surface area contributed by atoms with Crippen molar-refractivity contribution in [1.82, 2.24) is 0 Å².